The topological polar surface area (TPSA) is 66.4 Å². The number of thioether (sulfide) groups is 1. The van der Waals surface area contributed by atoms with Crippen LogP contribution in [0.2, 0.25) is 0 Å². The first-order chi connectivity index (χ1) is 16.4. The Hall–Kier alpha value is -3.45. The first-order valence-electron chi connectivity index (χ1n) is 11.4. The number of hydrogen-bond donors (Lipinski definition) is 0. The van der Waals surface area contributed by atoms with Gasteiger partial charge in [0.1, 0.15) is 10.6 Å². The Morgan fingerprint density at radius 2 is 1.59 bits per heavy atom. The van der Waals surface area contributed by atoms with Crippen LogP contribution in [0.15, 0.2) is 76.4 Å². The molecule has 34 heavy (non-hydrogen) atoms. The summed E-state index contributed by atoms with van der Waals surface area (Å²) in [6.07, 6.45) is 0.597. The normalized spacial score (nSPS) is 13.7. The van der Waals surface area contributed by atoms with Gasteiger partial charge in [-0.25, -0.2) is 9.97 Å². The van der Waals surface area contributed by atoms with Crippen LogP contribution in [0.3, 0.4) is 0 Å². The van der Waals surface area contributed by atoms with Crippen molar-refractivity contribution >= 4 is 29.3 Å². The number of anilines is 1. The SMILES string of the molecule is CCN(C1=C(Sc2nc(C)cc(C)n2)C(=O)N(CCc2ccccc2)C1=O)c1cccc(C)c1. The van der Waals surface area contributed by atoms with E-state index in [4.69, 9.17) is 0 Å². The molecular weight excluding hydrogens is 444 g/mol. The highest BCUT2D eigenvalue weighted by Crippen LogP contribution is 2.37. The number of likely N-dealkylation sites (N-methyl/N-ethyl adjacent to an activating group) is 1. The zero-order valence-corrected chi connectivity index (χ0v) is 20.7. The first kappa shape index (κ1) is 23.7. The minimum Gasteiger partial charge on any atom is -0.336 e. The number of imide groups is 1. The van der Waals surface area contributed by atoms with Gasteiger partial charge in [-0.05, 0) is 75.2 Å². The molecule has 2 amide bonds. The molecule has 0 aliphatic carbocycles. The number of carbonyl (C=O) groups is 2. The summed E-state index contributed by atoms with van der Waals surface area (Å²) in [5, 5.41) is 0.469. The molecule has 0 radical (unpaired) electrons. The fourth-order valence-corrected chi connectivity index (χ4v) is 5.11. The molecule has 0 spiro atoms. The maximum Gasteiger partial charge on any atom is 0.278 e. The van der Waals surface area contributed by atoms with Gasteiger partial charge in [0.25, 0.3) is 11.8 Å². The van der Waals surface area contributed by atoms with Crippen molar-refractivity contribution in [3.8, 4) is 0 Å². The van der Waals surface area contributed by atoms with Gasteiger partial charge in [-0.1, -0.05) is 42.5 Å². The number of rotatable bonds is 8. The molecule has 0 unspecified atom stereocenters. The van der Waals surface area contributed by atoms with Crippen LogP contribution < -0.4 is 4.90 Å². The third-order valence-electron chi connectivity index (χ3n) is 5.62. The molecule has 1 aromatic heterocycles. The Labute approximate surface area is 204 Å². The molecule has 4 rings (SSSR count). The lowest BCUT2D eigenvalue weighted by molar-refractivity contribution is -0.137. The van der Waals surface area contributed by atoms with Crippen LogP contribution in [0.4, 0.5) is 5.69 Å². The second-order valence-electron chi connectivity index (χ2n) is 8.29. The molecule has 2 aromatic carbocycles. The van der Waals surface area contributed by atoms with Gasteiger partial charge in [0.05, 0.1) is 0 Å². The van der Waals surface area contributed by atoms with Crippen molar-refractivity contribution in [1.29, 1.82) is 0 Å². The van der Waals surface area contributed by atoms with Crippen LogP contribution in [0, 0.1) is 20.8 Å². The quantitative estimate of drug-likeness (QED) is 0.345. The van der Waals surface area contributed by atoms with E-state index in [2.05, 4.69) is 9.97 Å². The van der Waals surface area contributed by atoms with Gasteiger partial charge >= 0.3 is 0 Å². The Bertz CT molecular complexity index is 1240. The van der Waals surface area contributed by atoms with Crippen LogP contribution in [0.25, 0.3) is 0 Å². The predicted octanol–water partition coefficient (Wildman–Crippen LogP) is 4.84. The largest absolute Gasteiger partial charge is 0.336 e. The maximum atomic E-state index is 13.7. The molecule has 7 heteroatoms. The van der Waals surface area contributed by atoms with Gasteiger partial charge in [-0.2, -0.15) is 0 Å². The lowest BCUT2D eigenvalue weighted by atomic mass is 10.1. The van der Waals surface area contributed by atoms with Gasteiger partial charge in [0.2, 0.25) is 0 Å². The van der Waals surface area contributed by atoms with Crippen LogP contribution >= 0.6 is 11.8 Å². The highest BCUT2D eigenvalue weighted by Gasteiger charge is 2.41. The summed E-state index contributed by atoms with van der Waals surface area (Å²) in [5.74, 6) is -0.578. The molecule has 0 N–H and O–H groups in total. The fourth-order valence-electron chi connectivity index (χ4n) is 4.06. The molecule has 0 saturated carbocycles. The van der Waals surface area contributed by atoms with Crippen LogP contribution in [-0.4, -0.2) is 39.8 Å². The van der Waals surface area contributed by atoms with Gasteiger partial charge in [-0.3, -0.25) is 14.5 Å². The summed E-state index contributed by atoms with van der Waals surface area (Å²) in [5.41, 5.74) is 5.07. The smallest absolute Gasteiger partial charge is 0.278 e. The third-order valence-corrected chi connectivity index (χ3v) is 6.56. The van der Waals surface area contributed by atoms with Crippen molar-refractivity contribution in [2.75, 3.05) is 18.0 Å². The zero-order valence-electron chi connectivity index (χ0n) is 19.9. The molecule has 0 bridgehead atoms. The number of benzene rings is 2. The third kappa shape index (κ3) is 5.04. The predicted molar refractivity (Wildman–Crippen MR) is 135 cm³/mol. The summed E-state index contributed by atoms with van der Waals surface area (Å²) in [6.45, 7) is 8.64. The van der Waals surface area contributed by atoms with Crippen molar-refractivity contribution in [1.82, 2.24) is 14.9 Å². The Morgan fingerprint density at radius 3 is 2.24 bits per heavy atom. The van der Waals surface area contributed by atoms with E-state index in [0.29, 0.717) is 35.3 Å². The van der Waals surface area contributed by atoms with E-state index in [9.17, 15) is 9.59 Å². The van der Waals surface area contributed by atoms with E-state index in [1.54, 1.807) is 0 Å². The number of aromatic nitrogens is 2. The summed E-state index contributed by atoms with van der Waals surface area (Å²) in [7, 11) is 0. The molecule has 2 heterocycles. The fraction of sp³-hybridized carbons (Fsp3) is 0.259. The molecule has 1 aliphatic heterocycles. The Balaban J connectivity index is 1.73. The lowest BCUT2D eigenvalue weighted by Crippen LogP contribution is -2.36. The van der Waals surface area contributed by atoms with Gasteiger partial charge in [0.15, 0.2) is 5.16 Å². The minimum atomic E-state index is -0.296. The average molecular weight is 473 g/mol. The molecule has 1 aliphatic rings. The highest BCUT2D eigenvalue weighted by atomic mass is 32.2. The van der Waals surface area contributed by atoms with E-state index < -0.39 is 0 Å². The van der Waals surface area contributed by atoms with Crippen molar-refractivity contribution in [3.05, 3.63) is 93.8 Å². The van der Waals surface area contributed by atoms with Crippen LogP contribution in [0.1, 0.15) is 29.4 Å². The monoisotopic (exact) mass is 472 g/mol. The van der Waals surface area contributed by atoms with E-state index in [-0.39, 0.29) is 11.8 Å². The number of aryl methyl sites for hydroxylation is 3. The number of carbonyl (C=O) groups excluding carboxylic acids is 2. The number of amides is 2. The molecule has 174 valence electrons. The summed E-state index contributed by atoms with van der Waals surface area (Å²) < 4.78 is 0. The molecule has 6 nitrogen and oxygen atoms in total. The average Bonchev–Trinajstić information content (AvgIpc) is 3.02. The molecule has 0 fully saturated rings. The first-order valence-corrected chi connectivity index (χ1v) is 12.2. The molecule has 3 aromatic rings. The van der Waals surface area contributed by atoms with Gasteiger partial charge < -0.3 is 4.90 Å². The second-order valence-corrected chi connectivity index (χ2v) is 9.27. The standard InChI is InChI=1S/C27H28N4O2S/c1-5-30(22-13-9-10-18(2)16-22)23-24(34-27-28-19(3)17-20(4)29-27)26(33)31(25(23)32)15-14-21-11-7-6-8-12-21/h6-13,16-17H,5,14-15H2,1-4H3. The Kier molecular flexibility index (Phi) is 7.12. The van der Waals surface area contributed by atoms with Crippen molar-refractivity contribution in [2.45, 2.75) is 39.3 Å². The van der Waals surface area contributed by atoms with Crippen molar-refractivity contribution in [3.63, 3.8) is 0 Å². The van der Waals surface area contributed by atoms with E-state index in [1.165, 1.54) is 16.7 Å². The summed E-state index contributed by atoms with van der Waals surface area (Å²) in [4.78, 5) is 39.9. The highest BCUT2D eigenvalue weighted by molar-refractivity contribution is 8.04. The van der Waals surface area contributed by atoms with Crippen LogP contribution in [0.5, 0.6) is 0 Å². The van der Waals surface area contributed by atoms with E-state index in [0.717, 1.165) is 28.2 Å². The van der Waals surface area contributed by atoms with E-state index in [1.807, 2.05) is 93.3 Å². The second kappa shape index (κ2) is 10.2. The lowest BCUT2D eigenvalue weighted by Gasteiger charge is -2.25. The van der Waals surface area contributed by atoms with Gasteiger partial charge in [0, 0.05) is 30.2 Å². The van der Waals surface area contributed by atoms with Crippen molar-refractivity contribution in [2.24, 2.45) is 0 Å². The van der Waals surface area contributed by atoms with E-state index >= 15 is 0 Å². The van der Waals surface area contributed by atoms with Gasteiger partial charge in [-0.15, -0.1) is 0 Å². The van der Waals surface area contributed by atoms with Crippen LogP contribution in [-0.2, 0) is 16.0 Å². The molecule has 0 saturated heterocycles. The molecule has 0 atom stereocenters. The number of hydrogen-bond acceptors (Lipinski definition) is 6. The molecular formula is C27H28N4O2S. The maximum absolute atomic E-state index is 13.7. The number of nitrogens with zero attached hydrogens (tertiary/aromatic N) is 4. The van der Waals surface area contributed by atoms with Crippen molar-refractivity contribution < 1.29 is 9.59 Å². The summed E-state index contributed by atoms with van der Waals surface area (Å²) in [6, 6.07) is 19.7. The summed E-state index contributed by atoms with van der Waals surface area (Å²) >= 11 is 1.17. The zero-order chi connectivity index (χ0) is 24.2. The minimum absolute atomic E-state index is 0.281. The Morgan fingerprint density at radius 1 is 0.882 bits per heavy atom.